The van der Waals surface area contributed by atoms with Crippen molar-refractivity contribution in [2.75, 3.05) is 26.3 Å². The van der Waals surface area contributed by atoms with Crippen molar-refractivity contribution in [3.8, 4) is 5.75 Å². The second kappa shape index (κ2) is 9.20. The Morgan fingerprint density at radius 1 is 1.19 bits per heavy atom. The van der Waals surface area contributed by atoms with Crippen LogP contribution < -0.4 is 4.74 Å². The first kappa shape index (κ1) is 21.5. The number of aryl methyl sites for hydroxylation is 2. The minimum atomic E-state index is -0.172. The molecule has 0 N–H and O–H groups in total. The number of Topliss-reactive ketones (excluding diaryl/α,β-unsaturated/α-hetero) is 1. The smallest absolute Gasteiger partial charge is 0.228 e. The molecule has 4 rings (SSSR count). The molecule has 2 aromatic carbocycles. The Morgan fingerprint density at radius 2 is 2.00 bits per heavy atom. The zero-order chi connectivity index (χ0) is 22.0. The number of morpholine rings is 1. The van der Waals surface area contributed by atoms with Gasteiger partial charge >= 0.3 is 0 Å². The number of benzene rings is 2. The van der Waals surface area contributed by atoms with Crippen LogP contribution in [0.2, 0.25) is 0 Å². The van der Waals surface area contributed by atoms with Crippen LogP contribution >= 0.6 is 11.3 Å². The van der Waals surface area contributed by atoms with E-state index < -0.39 is 0 Å². The van der Waals surface area contributed by atoms with E-state index in [1.54, 1.807) is 30.4 Å². The van der Waals surface area contributed by atoms with Gasteiger partial charge in [0, 0.05) is 21.7 Å². The average Bonchev–Trinajstić information content (AvgIpc) is 3.07. The van der Waals surface area contributed by atoms with Gasteiger partial charge in [-0.3, -0.25) is 9.59 Å². The molecule has 0 saturated carbocycles. The maximum absolute atomic E-state index is 13.0. The number of amides is 1. The standard InChI is InChI=1S/C25H27NO4S/c1-16-12-19(8-9-21(16)18(3)27)30-15-20-14-26(10-11-29-20)25(28)13-24-17(2)22-6-4-5-7-23(22)31-24/h4-9,12,20H,10-11,13-15H2,1-3H3. The molecular weight excluding hydrogens is 410 g/mol. The van der Waals surface area contributed by atoms with Crippen LogP contribution in [0.4, 0.5) is 0 Å². The van der Waals surface area contributed by atoms with Gasteiger partial charge in [-0.15, -0.1) is 11.3 Å². The largest absolute Gasteiger partial charge is 0.491 e. The topological polar surface area (TPSA) is 55.8 Å². The third-order valence-electron chi connectivity index (χ3n) is 5.76. The summed E-state index contributed by atoms with van der Waals surface area (Å²) in [6.45, 7) is 7.55. The Labute approximate surface area is 186 Å². The molecule has 5 nitrogen and oxygen atoms in total. The van der Waals surface area contributed by atoms with E-state index in [0.29, 0.717) is 44.0 Å². The molecule has 1 atom stereocenters. The lowest BCUT2D eigenvalue weighted by atomic mass is 10.1. The van der Waals surface area contributed by atoms with E-state index in [4.69, 9.17) is 9.47 Å². The molecule has 162 valence electrons. The Morgan fingerprint density at radius 3 is 2.74 bits per heavy atom. The number of nitrogens with zero attached hydrogens (tertiary/aromatic N) is 1. The van der Waals surface area contributed by atoms with E-state index in [1.807, 2.05) is 30.0 Å². The van der Waals surface area contributed by atoms with Gasteiger partial charge in [-0.25, -0.2) is 0 Å². The normalized spacial score (nSPS) is 16.5. The van der Waals surface area contributed by atoms with E-state index in [-0.39, 0.29) is 17.8 Å². The van der Waals surface area contributed by atoms with E-state index in [2.05, 4.69) is 19.1 Å². The molecule has 1 saturated heterocycles. The van der Waals surface area contributed by atoms with Crippen LogP contribution in [0.5, 0.6) is 5.75 Å². The number of ether oxygens (including phenoxy) is 2. The lowest BCUT2D eigenvalue weighted by Crippen LogP contribution is -2.48. The number of hydrogen-bond donors (Lipinski definition) is 0. The van der Waals surface area contributed by atoms with Crippen LogP contribution in [-0.4, -0.2) is 49.0 Å². The quantitative estimate of drug-likeness (QED) is 0.530. The molecule has 1 fully saturated rings. The third kappa shape index (κ3) is 4.81. The van der Waals surface area contributed by atoms with Crippen molar-refractivity contribution in [3.05, 3.63) is 64.0 Å². The molecule has 6 heteroatoms. The molecule has 31 heavy (non-hydrogen) atoms. The maximum atomic E-state index is 13.0. The van der Waals surface area contributed by atoms with Crippen molar-refractivity contribution in [1.82, 2.24) is 4.90 Å². The zero-order valence-corrected chi connectivity index (χ0v) is 19.0. The molecular formula is C25H27NO4S. The SMILES string of the molecule is CC(=O)c1ccc(OCC2CN(C(=O)Cc3sc4ccccc4c3C)CCO2)cc1C. The number of carbonyl (C=O) groups excluding carboxylic acids is 2. The molecule has 0 bridgehead atoms. The van der Waals surface area contributed by atoms with Crippen LogP contribution in [0.25, 0.3) is 10.1 Å². The van der Waals surface area contributed by atoms with Crippen LogP contribution in [0.3, 0.4) is 0 Å². The number of hydrogen-bond acceptors (Lipinski definition) is 5. The summed E-state index contributed by atoms with van der Waals surface area (Å²) in [7, 11) is 0. The van der Waals surface area contributed by atoms with E-state index in [1.165, 1.54) is 15.6 Å². The van der Waals surface area contributed by atoms with Crippen LogP contribution in [0.1, 0.15) is 33.3 Å². The molecule has 2 heterocycles. The second-order valence-electron chi connectivity index (χ2n) is 8.00. The van der Waals surface area contributed by atoms with Gasteiger partial charge in [-0.1, -0.05) is 18.2 Å². The number of thiophene rings is 1. The molecule has 0 aliphatic carbocycles. The summed E-state index contributed by atoms with van der Waals surface area (Å²) in [4.78, 5) is 27.6. The predicted molar refractivity (Wildman–Crippen MR) is 123 cm³/mol. The highest BCUT2D eigenvalue weighted by Crippen LogP contribution is 2.31. The van der Waals surface area contributed by atoms with Crippen LogP contribution in [0.15, 0.2) is 42.5 Å². The summed E-state index contributed by atoms with van der Waals surface area (Å²) in [6, 6.07) is 13.8. The number of ketones is 1. The van der Waals surface area contributed by atoms with Gasteiger partial charge in [0.15, 0.2) is 5.78 Å². The summed E-state index contributed by atoms with van der Waals surface area (Å²) in [6.07, 6.45) is 0.249. The monoisotopic (exact) mass is 437 g/mol. The molecule has 1 aliphatic heterocycles. The van der Waals surface area contributed by atoms with Gasteiger partial charge in [0.05, 0.1) is 19.6 Å². The van der Waals surface area contributed by atoms with Crippen LogP contribution in [-0.2, 0) is 16.0 Å². The molecule has 1 amide bonds. The van der Waals surface area contributed by atoms with Gasteiger partial charge in [-0.2, -0.15) is 0 Å². The minimum Gasteiger partial charge on any atom is -0.491 e. The summed E-state index contributed by atoms with van der Waals surface area (Å²) in [5.74, 6) is 0.878. The first-order valence-electron chi connectivity index (χ1n) is 10.5. The van der Waals surface area contributed by atoms with Crippen molar-refractivity contribution >= 4 is 33.1 Å². The van der Waals surface area contributed by atoms with Gasteiger partial charge in [0.2, 0.25) is 5.91 Å². The predicted octanol–water partition coefficient (Wildman–Crippen LogP) is 4.57. The van der Waals surface area contributed by atoms with Crippen molar-refractivity contribution in [2.24, 2.45) is 0 Å². The fourth-order valence-electron chi connectivity index (χ4n) is 4.00. The lowest BCUT2D eigenvalue weighted by Gasteiger charge is -2.33. The number of rotatable bonds is 6. The second-order valence-corrected chi connectivity index (χ2v) is 9.14. The van der Waals surface area contributed by atoms with Gasteiger partial charge in [0.1, 0.15) is 18.5 Å². The van der Waals surface area contributed by atoms with Crippen molar-refractivity contribution in [2.45, 2.75) is 33.3 Å². The van der Waals surface area contributed by atoms with Gasteiger partial charge in [-0.05, 0) is 61.5 Å². The number of carbonyl (C=O) groups is 2. The highest BCUT2D eigenvalue weighted by Gasteiger charge is 2.26. The molecule has 3 aromatic rings. The molecule has 1 aromatic heterocycles. The summed E-state index contributed by atoms with van der Waals surface area (Å²) >= 11 is 1.70. The fraction of sp³-hybridized carbons (Fsp3) is 0.360. The Kier molecular flexibility index (Phi) is 6.39. The van der Waals surface area contributed by atoms with Crippen LogP contribution in [0, 0.1) is 13.8 Å². The third-order valence-corrected chi connectivity index (χ3v) is 7.03. The van der Waals surface area contributed by atoms with E-state index >= 15 is 0 Å². The molecule has 0 radical (unpaired) electrons. The Balaban J connectivity index is 1.35. The lowest BCUT2D eigenvalue weighted by molar-refractivity contribution is -0.139. The summed E-state index contributed by atoms with van der Waals surface area (Å²) in [5.41, 5.74) is 2.80. The summed E-state index contributed by atoms with van der Waals surface area (Å²) in [5, 5.41) is 1.23. The first-order chi connectivity index (χ1) is 14.9. The zero-order valence-electron chi connectivity index (χ0n) is 18.1. The average molecular weight is 438 g/mol. The highest BCUT2D eigenvalue weighted by molar-refractivity contribution is 7.19. The van der Waals surface area contributed by atoms with Crippen molar-refractivity contribution < 1.29 is 19.1 Å². The van der Waals surface area contributed by atoms with E-state index in [0.717, 1.165) is 10.4 Å². The minimum absolute atomic E-state index is 0.0442. The Bertz CT molecular complexity index is 1120. The van der Waals surface area contributed by atoms with Crippen molar-refractivity contribution in [1.29, 1.82) is 0 Å². The summed E-state index contributed by atoms with van der Waals surface area (Å²) < 4.78 is 12.9. The molecule has 1 aliphatic rings. The fourth-order valence-corrected chi connectivity index (χ4v) is 5.20. The van der Waals surface area contributed by atoms with Gasteiger partial charge in [0.25, 0.3) is 0 Å². The van der Waals surface area contributed by atoms with E-state index in [9.17, 15) is 9.59 Å². The number of fused-ring (bicyclic) bond motifs is 1. The first-order valence-corrected chi connectivity index (χ1v) is 11.3. The molecule has 1 unspecified atom stereocenters. The van der Waals surface area contributed by atoms with Crippen molar-refractivity contribution in [3.63, 3.8) is 0 Å². The Hall–Kier alpha value is -2.70. The highest BCUT2D eigenvalue weighted by atomic mass is 32.1. The van der Waals surface area contributed by atoms with Gasteiger partial charge < -0.3 is 14.4 Å². The molecule has 0 spiro atoms. The maximum Gasteiger partial charge on any atom is 0.228 e.